The first kappa shape index (κ1) is 22.8. The van der Waals surface area contributed by atoms with Crippen LogP contribution in [0.5, 0.6) is 0 Å². The van der Waals surface area contributed by atoms with Crippen molar-refractivity contribution in [2.75, 3.05) is 18.4 Å². The molecule has 8 heteroatoms. The van der Waals surface area contributed by atoms with Crippen LogP contribution in [0.15, 0.2) is 54.6 Å². The Morgan fingerprint density at radius 2 is 1.65 bits per heavy atom. The van der Waals surface area contributed by atoms with Gasteiger partial charge >= 0.3 is 6.18 Å². The summed E-state index contributed by atoms with van der Waals surface area (Å²) in [5.41, 5.74) is -0.0934. The molecule has 5 nitrogen and oxygen atoms in total. The van der Waals surface area contributed by atoms with Crippen molar-refractivity contribution in [1.29, 1.82) is 0 Å². The second-order valence-corrected chi connectivity index (χ2v) is 7.72. The van der Waals surface area contributed by atoms with Crippen molar-refractivity contribution in [2.24, 2.45) is 5.92 Å². The minimum absolute atomic E-state index is 0.0142. The molecule has 2 N–H and O–H groups in total. The standard InChI is InChI=1S/C23H26F3N3O2/c1-16(21(30)28-20-10-6-5-9-19(20)23(24,25)26)29-13-11-18(12-14-29)22(31)27-15-17-7-3-2-4-8-17/h2-10,16,18H,11-15H2,1H3,(H,27,31)(H,28,30)/t16-/m1/s1. The molecule has 0 bridgehead atoms. The number of hydrogen-bond acceptors (Lipinski definition) is 3. The smallest absolute Gasteiger partial charge is 0.352 e. The highest BCUT2D eigenvalue weighted by Gasteiger charge is 2.35. The molecule has 0 radical (unpaired) electrons. The molecule has 2 aromatic rings. The molecule has 1 aliphatic heterocycles. The predicted octanol–water partition coefficient (Wildman–Crippen LogP) is 4.06. The van der Waals surface area contributed by atoms with E-state index >= 15 is 0 Å². The van der Waals surface area contributed by atoms with Crippen molar-refractivity contribution in [3.05, 3.63) is 65.7 Å². The van der Waals surface area contributed by atoms with Crippen LogP contribution < -0.4 is 10.6 Å². The average Bonchev–Trinajstić information content (AvgIpc) is 2.77. The van der Waals surface area contributed by atoms with Gasteiger partial charge in [0, 0.05) is 12.5 Å². The third kappa shape index (κ3) is 6.07. The molecule has 1 atom stereocenters. The maximum Gasteiger partial charge on any atom is 0.418 e. The molecular weight excluding hydrogens is 407 g/mol. The number of carbonyl (C=O) groups excluding carboxylic acids is 2. The second kappa shape index (κ2) is 9.96. The maximum atomic E-state index is 13.1. The number of piperidine rings is 1. The normalized spacial score (nSPS) is 16.5. The van der Waals surface area contributed by atoms with Crippen LogP contribution in [0.4, 0.5) is 18.9 Å². The van der Waals surface area contributed by atoms with E-state index in [1.165, 1.54) is 18.2 Å². The Labute approximate surface area is 179 Å². The first-order valence-corrected chi connectivity index (χ1v) is 10.3. The van der Waals surface area contributed by atoms with Crippen molar-refractivity contribution < 1.29 is 22.8 Å². The minimum atomic E-state index is -4.54. The van der Waals surface area contributed by atoms with E-state index in [1.54, 1.807) is 6.92 Å². The summed E-state index contributed by atoms with van der Waals surface area (Å²) in [6.45, 7) is 3.19. The first-order chi connectivity index (χ1) is 14.8. The van der Waals surface area contributed by atoms with Crippen molar-refractivity contribution in [2.45, 2.75) is 38.5 Å². The van der Waals surface area contributed by atoms with Gasteiger partial charge in [-0.05, 0) is 50.6 Å². The van der Waals surface area contributed by atoms with E-state index in [2.05, 4.69) is 10.6 Å². The van der Waals surface area contributed by atoms with Crippen LogP contribution in [0.3, 0.4) is 0 Å². The molecular formula is C23H26F3N3O2. The number of amides is 2. The Hall–Kier alpha value is -2.87. The first-order valence-electron chi connectivity index (χ1n) is 10.3. The van der Waals surface area contributed by atoms with Crippen LogP contribution in [-0.2, 0) is 22.3 Å². The van der Waals surface area contributed by atoms with Crippen molar-refractivity contribution >= 4 is 17.5 Å². The van der Waals surface area contributed by atoms with E-state index < -0.39 is 23.7 Å². The van der Waals surface area contributed by atoms with Gasteiger partial charge in [0.2, 0.25) is 11.8 Å². The Bertz CT molecular complexity index is 894. The van der Waals surface area contributed by atoms with Crippen LogP contribution in [0.25, 0.3) is 0 Å². The highest BCUT2D eigenvalue weighted by Crippen LogP contribution is 2.34. The van der Waals surface area contributed by atoms with Gasteiger partial charge in [-0.3, -0.25) is 14.5 Å². The van der Waals surface area contributed by atoms with Gasteiger partial charge in [-0.15, -0.1) is 0 Å². The molecule has 0 aromatic heterocycles. The lowest BCUT2D eigenvalue weighted by atomic mass is 9.94. The number of nitrogens with zero attached hydrogens (tertiary/aromatic N) is 1. The van der Waals surface area contributed by atoms with E-state index in [0.29, 0.717) is 32.5 Å². The monoisotopic (exact) mass is 433 g/mol. The fraction of sp³-hybridized carbons (Fsp3) is 0.391. The van der Waals surface area contributed by atoms with Gasteiger partial charge in [-0.2, -0.15) is 13.2 Å². The third-order valence-corrected chi connectivity index (χ3v) is 5.63. The molecule has 166 valence electrons. The van der Waals surface area contributed by atoms with Gasteiger partial charge in [0.1, 0.15) is 0 Å². The van der Waals surface area contributed by atoms with Crippen molar-refractivity contribution in [3.8, 4) is 0 Å². The second-order valence-electron chi connectivity index (χ2n) is 7.72. The molecule has 2 amide bonds. The zero-order chi connectivity index (χ0) is 22.4. The number of carbonyl (C=O) groups is 2. The summed E-state index contributed by atoms with van der Waals surface area (Å²) in [4.78, 5) is 26.9. The zero-order valence-electron chi connectivity index (χ0n) is 17.3. The van der Waals surface area contributed by atoms with Crippen LogP contribution in [0.2, 0.25) is 0 Å². The lowest BCUT2D eigenvalue weighted by Crippen LogP contribution is -2.48. The predicted molar refractivity (Wildman–Crippen MR) is 112 cm³/mol. The van der Waals surface area contributed by atoms with Gasteiger partial charge in [0.05, 0.1) is 17.3 Å². The van der Waals surface area contributed by atoms with E-state index in [1.807, 2.05) is 35.2 Å². The number of benzene rings is 2. The number of nitrogens with one attached hydrogen (secondary N) is 2. The number of alkyl halides is 3. The van der Waals surface area contributed by atoms with Crippen molar-refractivity contribution in [3.63, 3.8) is 0 Å². The fourth-order valence-electron chi connectivity index (χ4n) is 3.72. The van der Waals surface area contributed by atoms with Gasteiger partial charge in [0.25, 0.3) is 0 Å². The lowest BCUT2D eigenvalue weighted by Gasteiger charge is -2.34. The third-order valence-electron chi connectivity index (χ3n) is 5.63. The van der Waals surface area contributed by atoms with Crippen LogP contribution >= 0.6 is 0 Å². The average molecular weight is 433 g/mol. The largest absolute Gasteiger partial charge is 0.418 e. The molecule has 31 heavy (non-hydrogen) atoms. The number of anilines is 1. The molecule has 1 heterocycles. The zero-order valence-corrected chi connectivity index (χ0v) is 17.3. The lowest BCUT2D eigenvalue weighted by molar-refractivity contribution is -0.137. The Kier molecular flexibility index (Phi) is 7.33. The van der Waals surface area contributed by atoms with Gasteiger partial charge in [0.15, 0.2) is 0 Å². The fourth-order valence-corrected chi connectivity index (χ4v) is 3.72. The van der Waals surface area contributed by atoms with E-state index in [0.717, 1.165) is 11.6 Å². The summed E-state index contributed by atoms with van der Waals surface area (Å²) in [7, 11) is 0. The quantitative estimate of drug-likeness (QED) is 0.722. The highest BCUT2D eigenvalue weighted by molar-refractivity contribution is 5.95. The van der Waals surface area contributed by atoms with Crippen LogP contribution in [0, 0.1) is 5.92 Å². The van der Waals surface area contributed by atoms with E-state index in [-0.39, 0.29) is 17.5 Å². The number of likely N-dealkylation sites (tertiary alicyclic amines) is 1. The summed E-state index contributed by atoms with van der Waals surface area (Å²) in [5.74, 6) is -0.649. The number of hydrogen-bond donors (Lipinski definition) is 2. The number of para-hydroxylation sites is 1. The maximum absolute atomic E-state index is 13.1. The van der Waals surface area contributed by atoms with E-state index in [9.17, 15) is 22.8 Å². The summed E-state index contributed by atoms with van der Waals surface area (Å²) >= 11 is 0. The molecule has 0 saturated carbocycles. The van der Waals surface area contributed by atoms with Gasteiger partial charge in [-0.1, -0.05) is 42.5 Å². The molecule has 0 unspecified atom stereocenters. The number of halogens is 3. The molecule has 0 aliphatic carbocycles. The van der Waals surface area contributed by atoms with Gasteiger partial charge in [-0.25, -0.2) is 0 Å². The molecule has 3 rings (SSSR count). The molecule has 1 aliphatic rings. The molecule has 1 fully saturated rings. The summed E-state index contributed by atoms with van der Waals surface area (Å²) in [6, 6.07) is 14.0. The highest BCUT2D eigenvalue weighted by atomic mass is 19.4. The Balaban J connectivity index is 1.50. The van der Waals surface area contributed by atoms with Gasteiger partial charge < -0.3 is 10.6 Å². The number of rotatable bonds is 6. The van der Waals surface area contributed by atoms with Crippen molar-refractivity contribution in [1.82, 2.24) is 10.2 Å². The Morgan fingerprint density at radius 3 is 2.29 bits per heavy atom. The molecule has 1 saturated heterocycles. The summed E-state index contributed by atoms with van der Waals surface area (Å²) in [5, 5.41) is 5.35. The molecule has 0 spiro atoms. The SMILES string of the molecule is C[C@H](C(=O)Nc1ccccc1C(F)(F)F)N1CCC(C(=O)NCc2ccccc2)CC1. The summed E-state index contributed by atoms with van der Waals surface area (Å²) < 4.78 is 39.4. The minimum Gasteiger partial charge on any atom is -0.352 e. The van der Waals surface area contributed by atoms with Crippen LogP contribution in [-0.4, -0.2) is 35.8 Å². The summed E-state index contributed by atoms with van der Waals surface area (Å²) in [6.07, 6.45) is -3.35. The topological polar surface area (TPSA) is 61.4 Å². The molecule has 2 aromatic carbocycles. The van der Waals surface area contributed by atoms with Crippen LogP contribution in [0.1, 0.15) is 30.9 Å². The van der Waals surface area contributed by atoms with E-state index in [4.69, 9.17) is 0 Å². The Morgan fingerprint density at radius 1 is 1.03 bits per heavy atom.